The fourth-order valence-electron chi connectivity index (χ4n) is 2.89. The molecule has 2 heterocycles. The first-order chi connectivity index (χ1) is 10.7. The van der Waals surface area contributed by atoms with Crippen molar-refractivity contribution < 1.29 is 4.79 Å². The third-order valence-electron chi connectivity index (χ3n) is 3.95. The number of ketones is 1. The van der Waals surface area contributed by atoms with Crippen molar-refractivity contribution >= 4 is 11.9 Å². The van der Waals surface area contributed by atoms with Crippen LogP contribution in [0.15, 0.2) is 60.3 Å². The van der Waals surface area contributed by atoms with E-state index in [9.17, 15) is 4.79 Å². The first-order valence-corrected chi connectivity index (χ1v) is 7.64. The Kier molecular flexibility index (Phi) is 4.45. The minimum absolute atomic E-state index is 0.0347. The number of pyridine rings is 1. The average Bonchev–Trinajstić information content (AvgIpc) is 2.54. The number of hydrogen-bond acceptors (Lipinski definition) is 3. The number of aromatic nitrogens is 1. The van der Waals surface area contributed by atoms with E-state index >= 15 is 0 Å². The number of benzene rings is 1. The molecular weight excluding hydrogens is 272 g/mol. The Labute approximate surface area is 131 Å². The first-order valence-electron chi connectivity index (χ1n) is 7.64. The van der Waals surface area contributed by atoms with Crippen LogP contribution in [0.4, 0.5) is 0 Å². The number of carbonyl (C=O) groups excluding carboxylic acids is 1. The molecule has 1 atom stereocenters. The first kappa shape index (κ1) is 14.7. The average molecular weight is 292 g/mol. The summed E-state index contributed by atoms with van der Waals surface area (Å²) in [5.41, 5.74) is 2.98. The largest absolute Gasteiger partial charge is 0.294 e. The lowest BCUT2D eigenvalue weighted by Gasteiger charge is -2.31. The van der Waals surface area contributed by atoms with E-state index in [0.717, 1.165) is 24.4 Å². The number of piperidine rings is 1. The molecule has 0 bridgehead atoms. The molecule has 1 fully saturated rings. The molecular formula is C19H20N2O. The number of carbonyl (C=O) groups is 1. The van der Waals surface area contributed by atoms with Gasteiger partial charge in [0.15, 0.2) is 5.78 Å². The minimum atomic E-state index is 0.0347. The maximum absolute atomic E-state index is 12.4. The molecule has 1 unspecified atom stereocenters. The van der Waals surface area contributed by atoms with Crippen LogP contribution in [0.3, 0.4) is 0 Å². The Morgan fingerprint density at radius 2 is 1.95 bits per heavy atom. The van der Waals surface area contributed by atoms with E-state index in [2.05, 4.69) is 34.1 Å². The van der Waals surface area contributed by atoms with Crippen LogP contribution in [-0.2, 0) is 11.3 Å². The van der Waals surface area contributed by atoms with Crippen LogP contribution in [0.25, 0.3) is 6.08 Å². The maximum atomic E-state index is 12.4. The zero-order valence-corrected chi connectivity index (χ0v) is 12.8. The second kappa shape index (κ2) is 6.67. The van der Waals surface area contributed by atoms with Crippen molar-refractivity contribution in [1.82, 2.24) is 9.88 Å². The highest BCUT2D eigenvalue weighted by molar-refractivity contribution is 6.01. The molecule has 1 aromatic carbocycles. The van der Waals surface area contributed by atoms with E-state index in [4.69, 9.17) is 0 Å². The van der Waals surface area contributed by atoms with Crippen molar-refractivity contribution in [3.8, 4) is 0 Å². The summed E-state index contributed by atoms with van der Waals surface area (Å²) < 4.78 is 0. The Morgan fingerprint density at radius 3 is 2.68 bits per heavy atom. The Hall–Kier alpha value is -2.26. The van der Waals surface area contributed by atoms with E-state index < -0.39 is 0 Å². The van der Waals surface area contributed by atoms with Gasteiger partial charge in [0.2, 0.25) is 0 Å². The summed E-state index contributed by atoms with van der Waals surface area (Å²) >= 11 is 0. The van der Waals surface area contributed by atoms with Crippen LogP contribution in [0.5, 0.6) is 0 Å². The standard InChI is InChI=1S/C19H20N2O/c1-15-12-21(13-16-7-3-2-4-8-16)14-17(19(15)22)11-18-9-5-6-10-20-18/h2-11,15H,12-14H2,1H3. The molecule has 2 aromatic rings. The SMILES string of the molecule is CC1CN(Cc2ccccc2)CC(=Cc2ccccn2)C1=O. The molecule has 0 N–H and O–H groups in total. The Morgan fingerprint density at radius 1 is 1.18 bits per heavy atom. The highest BCUT2D eigenvalue weighted by Gasteiger charge is 2.27. The highest BCUT2D eigenvalue weighted by atomic mass is 16.1. The Balaban J connectivity index is 1.78. The minimum Gasteiger partial charge on any atom is -0.294 e. The van der Waals surface area contributed by atoms with Crippen molar-refractivity contribution in [1.29, 1.82) is 0 Å². The maximum Gasteiger partial charge on any atom is 0.164 e. The fraction of sp³-hybridized carbons (Fsp3) is 0.263. The van der Waals surface area contributed by atoms with Crippen LogP contribution in [0.2, 0.25) is 0 Å². The fourth-order valence-corrected chi connectivity index (χ4v) is 2.89. The van der Waals surface area contributed by atoms with Gasteiger partial charge in [-0.2, -0.15) is 0 Å². The van der Waals surface area contributed by atoms with Crippen LogP contribution in [-0.4, -0.2) is 28.8 Å². The molecule has 3 heteroatoms. The summed E-state index contributed by atoms with van der Waals surface area (Å²) in [5, 5.41) is 0. The summed E-state index contributed by atoms with van der Waals surface area (Å²) in [4.78, 5) is 19.0. The van der Waals surface area contributed by atoms with Crippen LogP contribution >= 0.6 is 0 Å². The van der Waals surface area contributed by atoms with Gasteiger partial charge in [-0.25, -0.2) is 0 Å². The number of rotatable bonds is 3. The lowest BCUT2D eigenvalue weighted by Crippen LogP contribution is -2.40. The van der Waals surface area contributed by atoms with Gasteiger partial charge < -0.3 is 0 Å². The zero-order valence-electron chi connectivity index (χ0n) is 12.8. The molecule has 1 saturated heterocycles. The number of nitrogens with zero attached hydrogens (tertiary/aromatic N) is 2. The molecule has 3 nitrogen and oxygen atoms in total. The molecule has 0 amide bonds. The molecule has 112 valence electrons. The van der Waals surface area contributed by atoms with E-state index in [1.54, 1.807) is 6.20 Å². The molecule has 22 heavy (non-hydrogen) atoms. The molecule has 0 saturated carbocycles. The van der Waals surface area contributed by atoms with Crippen molar-refractivity contribution in [2.75, 3.05) is 13.1 Å². The van der Waals surface area contributed by atoms with Gasteiger partial charge in [0.25, 0.3) is 0 Å². The quantitative estimate of drug-likeness (QED) is 0.815. The molecule has 0 aliphatic carbocycles. The normalized spacial score (nSPS) is 21.2. The molecule has 1 aliphatic rings. The summed E-state index contributed by atoms with van der Waals surface area (Å²) in [7, 11) is 0. The number of Topliss-reactive ketones (excluding diaryl/α,β-unsaturated/α-hetero) is 1. The number of hydrogen-bond donors (Lipinski definition) is 0. The molecule has 0 radical (unpaired) electrons. The molecule has 3 rings (SSSR count). The molecule has 0 spiro atoms. The summed E-state index contributed by atoms with van der Waals surface area (Å²) in [6.45, 7) is 4.38. The number of likely N-dealkylation sites (tertiary alicyclic amines) is 1. The zero-order chi connectivity index (χ0) is 15.4. The van der Waals surface area contributed by atoms with Gasteiger partial charge in [0.1, 0.15) is 0 Å². The van der Waals surface area contributed by atoms with Crippen molar-refractivity contribution in [3.63, 3.8) is 0 Å². The third-order valence-corrected chi connectivity index (χ3v) is 3.95. The Bertz CT molecular complexity index is 664. The smallest absolute Gasteiger partial charge is 0.164 e. The lowest BCUT2D eigenvalue weighted by atomic mass is 9.92. The van der Waals surface area contributed by atoms with E-state index in [-0.39, 0.29) is 11.7 Å². The monoisotopic (exact) mass is 292 g/mol. The van der Waals surface area contributed by atoms with Gasteiger partial charge in [-0.05, 0) is 23.8 Å². The topological polar surface area (TPSA) is 33.2 Å². The molecule has 1 aromatic heterocycles. The third kappa shape index (κ3) is 3.49. The second-order valence-corrected chi connectivity index (χ2v) is 5.84. The van der Waals surface area contributed by atoms with Gasteiger partial charge in [0, 0.05) is 37.3 Å². The van der Waals surface area contributed by atoms with E-state index in [0.29, 0.717) is 6.54 Å². The predicted octanol–water partition coefficient (Wildman–Crippen LogP) is 3.19. The van der Waals surface area contributed by atoms with Gasteiger partial charge in [-0.3, -0.25) is 14.7 Å². The molecule has 1 aliphatic heterocycles. The van der Waals surface area contributed by atoms with E-state index in [1.807, 2.05) is 37.3 Å². The van der Waals surface area contributed by atoms with E-state index in [1.165, 1.54) is 5.56 Å². The van der Waals surface area contributed by atoms with Crippen molar-refractivity contribution in [2.45, 2.75) is 13.5 Å². The van der Waals surface area contributed by atoms with Crippen molar-refractivity contribution in [2.24, 2.45) is 5.92 Å². The lowest BCUT2D eigenvalue weighted by molar-refractivity contribution is -0.121. The highest BCUT2D eigenvalue weighted by Crippen LogP contribution is 2.21. The summed E-state index contributed by atoms with van der Waals surface area (Å²) in [5.74, 6) is 0.280. The van der Waals surface area contributed by atoms with Crippen LogP contribution in [0, 0.1) is 5.92 Å². The summed E-state index contributed by atoms with van der Waals surface area (Å²) in [6, 6.07) is 16.1. The van der Waals surface area contributed by atoms with Crippen LogP contribution in [0.1, 0.15) is 18.2 Å². The second-order valence-electron chi connectivity index (χ2n) is 5.84. The van der Waals surface area contributed by atoms with Gasteiger partial charge in [0.05, 0.1) is 5.69 Å². The predicted molar refractivity (Wildman–Crippen MR) is 88.1 cm³/mol. The van der Waals surface area contributed by atoms with Gasteiger partial charge in [-0.15, -0.1) is 0 Å². The van der Waals surface area contributed by atoms with Gasteiger partial charge >= 0.3 is 0 Å². The van der Waals surface area contributed by atoms with Crippen LogP contribution < -0.4 is 0 Å². The summed E-state index contributed by atoms with van der Waals surface area (Å²) in [6.07, 6.45) is 3.68. The van der Waals surface area contributed by atoms with Gasteiger partial charge in [-0.1, -0.05) is 43.3 Å². The van der Waals surface area contributed by atoms with Crippen molar-refractivity contribution in [3.05, 3.63) is 71.6 Å².